The molecule has 1 unspecified atom stereocenters. The maximum absolute atomic E-state index is 12.4. The Hall–Kier alpha value is -0.740. The van der Waals surface area contributed by atoms with Crippen molar-refractivity contribution in [2.24, 2.45) is 5.92 Å². The molecule has 1 spiro atoms. The molecule has 0 radical (unpaired) electrons. The highest BCUT2D eigenvalue weighted by atomic mass is 32.1. The van der Waals surface area contributed by atoms with Gasteiger partial charge >= 0.3 is 0 Å². The molecular formula is C13H17NO2S. The quantitative estimate of drug-likeness (QED) is 0.758. The number of rotatable bonds is 2. The first-order chi connectivity index (χ1) is 8.19. The summed E-state index contributed by atoms with van der Waals surface area (Å²) >= 11 is 1.51. The molecule has 1 atom stereocenters. The van der Waals surface area contributed by atoms with E-state index < -0.39 is 0 Å². The second kappa shape index (κ2) is 4.18. The third-order valence-corrected chi connectivity index (χ3v) is 4.92. The van der Waals surface area contributed by atoms with Gasteiger partial charge < -0.3 is 4.74 Å². The lowest BCUT2D eigenvalue weighted by atomic mass is 9.71. The summed E-state index contributed by atoms with van der Waals surface area (Å²) < 4.78 is 5.86. The average Bonchev–Trinajstić information content (AvgIpc) is 2.73. The first-order valence-corrected chi connectivity index (χ1v) is 7.11. The molecule has 1 aromatic rings. The van der Waals surface area contributed by atoms with Crippen LogP contribution in [0.3, 0.4) is 0 Å². The zero-order valence-corrected chi connectivity index (χ0v) is 10.9. The minimum atomic E-state index is 0.0539. The molecule has 92 valence electrons. The number of ether oxygens (including phenoxy) is 1. The van der Waals surface area contributed by atoms with Crippen LogP contribution in [0.1, 0.15) is 46.8 Å². The second-order valence-electron chi connectivity index (χ2n) is 5.18. The number of Topliss-reactive ketones (excluding diaryl/α,β-unsaturated/α-hetero) is 1. The molecule has 1 aliphatic heterocycles. The lowest BCUT2D eigenvalue weighted by Gasteiger charge is -2.46. The van der Waals surface area contributed by atoms with Gasteiger partial charge in [-0.05, 0) is 39.0 Å². The fourth-order valence-corrected chi connectivity index (χ4v) is 3.64. The molecule has 0 aromatic carbocycles. The van der Waals surface area contributed by atoms with Crippen LogP contribution in [-0.4, -0.2) is 23.0 Å². The lowest BCUT2D eigenvalue weighted by molar-refractivity contribution is -0.137. The predicted molar refractivity (Wildman–Crippen MR) is 66.4 cm³/mol. The Morgan fingerprint density at radius 3 is 3.00 bits per heavy atom. The minimum absolute atomic E-state index is 0.0539. The second-order valence-corrected chi connectivity index (χ2v) is 6.42. The van der Waals surface area contributed by atoms with Gasteiger partial charge in [-0.15, -0.1) is 11.3 Å². The van der Waals surface area contributed by atoms with E-state index in [4.69, 9.17) is 4.74 Å². The van der Waals surface area contributed by atoms with Crippen LogP contribution < -0.4 is 0 Å². The van der Waals surface area contributed by atoms with Crippen LogP contribution in [0.25, 0.3) is 0 Å². The maximum Gasteiger partial charge on any atom is 0.177 e. The van der Waals surface area contributed by atoms with Crippen molar-refractivity contribution in [3.05, 3.63) is 16.1 Å². The number of nitrogens with zero attached hydrogens (tertiary/aromatic N) is 1. The van der Waals surface area contributed by atoms with Gasteiger partial charge in [0, 0.05) is 18.7 Å². The summed E-state index contributed by atoms with van der Waals surface area (Å²) in [7, 11) is 0. The minimum Gasteiger partial charge on any atom is -0.375 e. The van der Waals surface area contributed by atoms with E-state index >= 15 is 0 Å². The zero-order valence-electron chi connectivity index (χ0n) is 10.1. The van der Waals surface area contributed by atoms with Crippen molar-refractivity contribution >= 4 is 17.1 Å². The van der Waals surface area contributed by atoms with Crippen LogP contribution in [0.4, 0.5) is 0 Å². The Kier molecular flexibility index (Phi) is 2.79. The largest absolute Gasteiger partial charge is 0.375 e. The van der Waals surface area contributed by atoms with Gasteiger partial charge in [-0.2, -0.15) is 0 Å². The van der Waals surface area contributed by atoms with Gasteiger partial charge in [-0.25, -0.2) is 4.98 Å². The first-order valence-electron chi connectivity index (χ1n) is 6.29. The van der Waals surface area contributed by atoms with E-state index in [1.54, 1.807) is 6.20 Å². The van der Waals surface area contributed by atoms with E-state index in [-0.39, 0.29) is 17.3 Å². The average molecular weight is 251 g/mol. The number of ketones is 1. The molecule has 2 aliphatic rings. The molecule has 1 saturated carbocycles. The van der Waals surface area contributed by atoms with E-state index in [1.165, 1.54) is 17.8 Å². The van der Waals surface area contributed by atoms with Gasteiger partial charge in [0.15, 0.2) is 5.78 Å². The molecule has 2 fully saturated rings. The van der Waals surface area contributed by atoms with Crippen molar-refractivity contribution in [1.82, 2.24) is 4.98 Å². The Labute approximate surface area is 105 Å². The summed E-state index contributed by atoms with van der Waals surface area (Å²) in [6.45, 7) is 2.69. The number of hydrogen-bond acceptors (Lipinski definition) is 4. The Morgan fingerprint density at radius 1 is 1.59 bits per heavy atom. The Bertz CT molecular complexity index is 436. The molecular weight excluding hydrogens is 234 g/mol. The highest BCUT2D eigenvalue weighted by molar-refractivity contribution is 7.13. The molecule has 1 aromatic heterocycles. The van der Waals surface area contributed by atoms with Crippen molar-refractivity contribution < 1.29 is 9.53 Å². The van der Waals surface area contributed by atoms with E-state index in [0.717, 1.165) is 42.2 Å². The van der Waals surface area contributed by atoms with Crippen LogP contribution in [0.15, 0.2) is 6.20 Å². The lowest BCUT2D eigenvalue weighted by Crippen LogP contribution is -2.46. The van der Waals surface area contributed by atoms with E-state index in [2.05, 4.69) is 4.98 Å². The summed E-state index contributed by atoms with van der Waals surface area (Å²) in [6.07, 6.45) is 7.04. The molecule has 0 amide bonds. The third kappa shape index (κ3) is 2.04. The summed E-state index contributed by atoms with van der Waals surface area (Å²) in [5.74, 6) is 0.439. The predicted octanol–water partition coefficient (Wildman–Crippen LogP) is 2.98. The number of aromatic nitrogens is 1. The summed E-state index contributed by atoms with van der Waals surface area (Å²) in [5, 5.41) is 0.971. The molecule has 0 N–H and O–H groups in total. The molecule has 0 bridgehead atoms. The van der Waals surface area contributed by atoms with Gasteiger partial charge in [0.1, 0.15) is 0 Å². The molecule has 3 rings (SSSR count). The normalized spacial score (nSPS) is 26.8. The molecule has 17 heavy (non-hydrogen) atoms. The number of thiazole rings is 1. The number of carbonyl (C=O) groups excluding carboxylic acids is 1. The fourth-order valence-electron chi connectivity index (χ4n) is 2.85. The summed E-state index contributed by atoms with van der Waals surface area (Å²) in [6, 6.07) is 0. The van der Waals surface area contributed by atoms with Crippen LogP contribution in [0, 0.1) is 12.8 Å². The molecule has 2 heterocycles. The topological polar surface area (TPSA) is 39.2 Å². The van der Waals surface area contributed by atoms with Crippen LogP contribution in [0.2, 0.25) is 0 Å². The third-order valence-electron chi connectivity index (χ3n) is 3.99. The van der Waals surface area contributed by atoms with Gasteiger partial charge in [0.2, 0.25) is 0 Å². The Balaban J connectivity index is 1.73. The molecule has 4 heteroatoms. The maximum atomic E-state index is 12.4. The van der Waals surface area contributed by atoms with E-state index in [1.807, 2.05) is 6.92 Å². The highest BCUT2D eigenvalue weighted by Gasteiger charge is 2.44. The summed E-state index contributed by atoms with van der Waals surface area (Å²) in [4.78, 5) is 17.3. The first kappa shape index (κ1) is 11.4. The van der Waals surface area contributed by atoms with Crippen molar-refractivity contribution in [2.75, 3.05) is 6.61 Å². The number of carbonyl (C=O) groups is 1. The SMILES string of the molecule is Cc1ncc(C(=O)C2CCOC3(CCC3)C2)s1. The molecule has 3 nitrogen and oxygen atoms in total. The monoisotopic (exact) mass is 251 g/mol. The van der Waals surface area contributed by atoms with Gasteiger partial charge in [-0.3, -0.25) is 4.79 Å². The van der Waals surface area contributed by atoms with E-state index in [0.29, 0.717) is 0 Å². The van der Waals surface area contributed by atoms with Crippen molar-refractivity contribution in [1.29, 1.82) is 0 Å². The highest BCUT2D eigenvalue weighted by Crippen LogP contribution is 2.45. The van der Waals surface area contributed by atoms with Crippen LogP contribution in [0.5, 0.6) is 0 Å². The van der Waals surface area contributed by atoms with Gasteiger partial charge in [0.25, 0.3) is 0 Å². The van der Waals surface area contributed by atoms with Gasteiger partial charge in [-0.1, -0.05) is 0 Å². The number of aryl methyl sites for hydroxylation is 1. The van der Waals surface area contributed by atoms with Crippen molar-refractivity contribution in [3.63, 3.8) is 0 Å². The van der Waals surface area contributed by atoms with Gasteiger partial charge in [0.05, 0.1) is 15.5 Å². The van der Waals surface area contributed by atoms with E-state index in [9.17, 15) is 4.79 Å². The fraction of sp³-hybridized carbons (Fsp3) is 0.692. The van der Waals surface area contributed by atoms with Crippen LogP contribution in [-0.2, 0) is 4.74 Å². The zero-order chi connectivity index (χ0) is 11.9. The van der Waals surface area contributed by atoms with Crippen molar-refractivity contribution in [3.8, 4) is 0 Å². The summed E-state index contributed by atoms with van der Waals surface area (Å²) in [5.41, 5.74) is 0.0539. The van der Waals surface area contributed by atoms with Crippen LogP contribution >= 0.6 is 11.3 Å². The standard InChI is InChI=1S/C13H17NO2S/c1-9-14-8-11(17-9)12(15)10-3-6-16-13(7-10)4-2-5-13/h8,10H,2-7H2,1H3. The molecule has 1 aliphatic carbocycles. The smallest absolute Gasteiger partial charge is 0.177 e. The number of hydrogen-bond donors (Lipinski definition) is 0. The Morgan fingerprint density at radius 2 is 2.41 bits per heavy atom. The van der Waals surface area contributed by atoms with Crippen molar-refractivity contribution in [2.45, 2.75) is 44.6 Å². The molecule has 1 saturated heterocycles.